The van der Waals surface area contributed by atoms with E-state index in [1.807, 2.05) is 24.3 Å². The molecule has 0 aliphatic carbocycles. The summed E-state index contributed by atoms with van der Waals surface area (Å²) in [5.74, 6) is 0. The Hall–Kier alpha value is -1.04. The average Bonchev–Trinajstić information content (AvgIpc) is 2.17. The molecule has 0 radical (unpaired) electrons. The molecular formula is C10H11N3S2. The fourth-order valence-electron chi connectivity index (χ4n) is 1.40. The predicted octanol–water partition coefficient (Wildman–Crippen LogP) is 1.61. The second-order valence-corrected chi connectivity index (χ2v) is 4.07. The lowest BCUT2D eigenvalue weighted by atomic mass is 10.1. The van der Waals surface area contributed by atoms with Crippen molar-refractivity contribution >= 4 is 30.0 Å². The van der Waals surface area contributed by atoms with Gasteiger partial charge in [-0.05, 0) is 11.6 Å². The van der Waals surface area contributed by atoms with Crippen LogP contribution in [0, 0.1) is 0 Å². The maximum Gasteiger partial charge on any atom is 0.117 e. The molecule has 0 fully saturated rings. The van der Waals surface area contributed by atoms with Crippen LogP contribution in [0.25, 0.3) is 0 Å². The van der Waals surface area contributed by atoms with Crippen molar-refractivity contribution in [2.75, 3.05) is 0 Å². The third kappa shape index (κ3) is 2.95. The molecule has 0 saturated heterocycles. The number of rotatable bonds is 2. The molecule has 0 spiro atoms. The summed E-state index contributed by atoms with van der Waals surface area (Å²) in [6.07, 6.45) is 2.72. The molecule has 2 N–H and O–H groups in total. The highest BCUT2D eigenvalue weighted by molar-refractivity contribution is 7.81. The van der Waals surface area contributed by atoms with Gasteiger partial charge in [-0.3, -0.25) is 10.9 Å². The zero-order valence-corrected chi connectivity index (χ0v) is 9.68. The standard InChI is InChI=1S/C10H11N3S2/c14-10-7-9(11-13(15)12-10)6-8-4-2-1-3-5-8/h1-5,7,11,15H,6H2,(H,12,14). The minimum Gasteiger partial charge on any atom is -0.295 e. The lowest BCUT2D eigenvalue weighted by molar-refractivity contribution is 0.347. The first-order valence-corrected chi connectivity index (χ1v) is 5.35. The summed E-state index contributed by atoms with van der Waals surface area (Å²) in [6, 6.07) is 10.2. The minimum absolute atomic E-state index is 0.662. The van der Waals surface area contributed by atoms with Gasteiger partial charge in [-0.2, -0.15) is 0 Å². The number of hydrazine groups is 2. The van der Waals surface area contributed by atoms with Crippen LogP contribution in [0.5, 0.6) is 0 Å². The van der Waals surface area contributed by atoms with Crippen molar-refractivity contribution in [2.45, 2.75) is 6.42 Å². The quantitative estimate of drug-likeness (QED) is 0.538. The van der Waals surface area contributed by atoms with Crippen LogP contribution in [0.3, 0.4) is 0 Å². The number of hydrogen-bond donors (Lipinski definition) is 3. The average molecular weight is 237 g/mol. The molecule has 1 aromatic carbocycles. The molecule has 1 aliphatic heterocycles. The first kappa shape index (κ1) is 10.5. The van der Waals surface area contributed by atoms with Crippen LogP contribution in [0.2, 0.25) is 0 Å². The molecule has 15 heavy (non-hydrogen) atoms. The van der Waals surface area contributed by atoms with E-state index in [1.165, 1.54) is 10.1 Å². The summed E-state index contributed by atoms with van der Waals surface area (Å²) in [5.41, 5.74) is 8.16. The molecule has 2 rings (SSSR count). The first-order chi connectivity index (χ1) is 7.24. The van der Waals surface area contributed by atoms with E-state index >= 15 is 0 Å². The van der Waals surface area contributed by atoms with Crippen LogP contribution in [0.15, 0.2) is 42.1 Å². The Balaban J connectivity index is 2.09. The number of benzene rings is 1. The van der Waals surface area contributed by atoms with E-state index in [1.54, 1.807) is 0 Å². The Labute approximate surface area is 99.6 Å². The molecule has 0 unspecified atom stereocenters. The van der Waals surface area contributed by atoms with Crippen LogP contribution >= 0.6 is 25.0 Å². The Morgan fingerprint density at radius 3 is 2.60 bits per heavy atom. The van der Waals surface area contributed by atoms with Crippen LogP contribution in [-0.4, -0.2) is 9.51 Å². The van der Waals surface area contributed by atoms with Gasteiger partial charge in [-0.15, -0.1) is 0 Å². The maximum atomic E-state index is 5.06. The van der Waals surface area contributed by atoms with Gasteiger partial charge in [0, 0.05) is 12.1 Å². The smallest absolute Gasteiger partial charge is 0.117 e. The van der Waals surface area contributed by atoms with Gasteiger partial charge in [-0.25, -0.2) is 0 Å². The topological polar surface area (TPSA) is 27.3 Å². The molecule has 0 atom stereocenters. The molecule has 78 valence electrons. The van der Waals surface area contributed by atoms with Gasteiger partial charge in [0.05, 0.1) is 0 Å². The highest BCUT2D eigenvalue weighted by atomic mass is 32.1. The Morgan fingerprint density at radius 2 is 1.93 bits per heavy atom. The van der Waals surface area contributed by atoms with E-state index in [9.17, 15) is 0 Å². The molecular weight excluding hydrogens is 226 g/mol. The van der Waals surface area contributed by atoms with E-state index in [2.05, 4.69) is 35.8 Å². The Bertz CT molecular complexity index is 389. The monoisotopic (exact) mass is 237 g/mol. The van der Waals surface area contributed by atoms with Gasteiger partial charge >= 0.3 is 0 Å². The van der Waals surface area contributed by atoms with E-state index in [4.69, 9.17) is 12.2 Å². The van der Waals surface area contributed by atoms with E-state index < -0.39 is 0 Å². The largest absolute Gasteiger partial charge is 0.295 e. The SMILES string of the molecule is S=C1C=C(Cc2ccccc2)NN(S)N1. The fraction of sp³-hybridized carbons (Fsp3) is 0.100. The number of nitrogens with one attached hydrogen (secondary N) is 2. The molecule has 1 heterocycles. The highest BCUT2D eigenvalue weighted by Crippen LogP contribution is 2.08. The number of thiocarbonyl (C=S) groups is 1. The summed E-state index contributed by atoms with van der Waals surface area (Å²) in [6.45, 7) is 0. The van der Waals surface area contributed by atoms with Gasteiger partial charge in [0.15, 0.2) is 0 Å². The number of thiol groups is 1. The van der Waals surface area contributed by atoms with Gasteiger partial charge in [0.1, 0.15) is 4.99 Å². The zero-order valence-electron chi connectivity index (χ0n) is 7.97. The number of hydrogen-bond acceptors (Lipinski definition) is 4. The molecule has 0 bridgehead atoms. The molecule has 5 heteroatoms. The highest BCUT2D eigenvalue weighted by Gasteiger charge is 2.10. The normalized spacial score (nSPS) is 16.6. The van der Waals surface area contributed by atoms with Gasteiger partial charge in [-0.1, -0.05) is 59.9 Å². The maximum absolute atomic E-state index is 5.06. The third-order valence-electron chi connectivity index (χ3n) is 2.01. The van der Waals surface area contributed by atoms with Crippen molar-refractivity contribution in [3.8, 4) is 0 Å². The van der Waals surface area contributed by atoms with Crippen LogP contribution in [-0.2, 0) is 6.42 Å². The summed E-state index contributed by atoms with van der Waals surface area (Å²) in [7, 11) is 0. The van der Waals surface area contributed by atoms with Crippen molar-refractivity contribution in [2.24, 2.45) is 0 Å². The van der Waals surface area contributed by atoms with Crippen molar-refractivity contribution < 1.29 is 0 Å². The second kappa shape index (κ2) is 4.65. The lowest BCUT2D eigenvalue weighted by Gasteiger charge is -2.25. The van der Waals surface area contributed by atoms with Gasteiger partial charge in [0.2, 0.25) is 0 Å². The van der Waals surface area contributed by atoms with Crippen LogP contribution in [0.1, 0.15) is 5.56 Å². The summed E-state index contributed by atoms with van der Waals surface area (Å²) >= 11 is 9.19. The van der Waals surface area contributed by atoms with Crippen molar-refractivity contribution in [3.05, 3.63) is 47.7 Å². The van der Waals surface area contributed by atoms with Crippen molar-refractivity contribution in [1.29, 1.82) is 0 Å². The molecule has 3 nitrogen and oxygen atoms in total. The number of nitrogens with zero attached hydrogens (tertiary/aromatic N) is 1. The van der Waals surface area contributed by atoms with E-state index in [-0.39, 0.29) is 0 Å². The summed E-state index contributed by atoms with van der Waals surface area (Å²) in [5, 5.41) is 0. The van der Waals surface area contributed by atoms with Crippen molar-refractivity contribution in [3.63, 3.8) is 0 Å². The lowest BCUT2D eigenvalue weighted by Crippen LogP contribution is -2.47. The summed E-state index contributed by atoms with van der Waals surface area (Å²) in [4.78, 5) is 0.662. The summed E-state index contributed by atoms with van der Waals surface area (Å²) < 4.78 is 1.46. The van der Waals surface area contributed by atoms with Crippen LogP contribution in [0.4, 0.5) is 0 Å². The molecule has 0 amide bonds. The molecule has 0 aromatic heterocycles. The van der Waals surface area contributed by atoms with E-state index in [0.717, 1.165) is 12.1 Å². The zero-order chi connectivity index (χ0) is 10.7. The Kier molecular flexibility index (Phi) is 3.25. The molecule has 1 aromatic rings. The third-order valence-corrected chi connectivity index (χ3v) is 2.42. The molecule has 0 saturated carbocycles. The van der Waals surface area contributed by atoms with E-state index in [0.29, 0.717) is 4.99 Å². The van der Waals surface area contributed by atoms with Gasteiger partial charge in [0.25, 0.3) is 0 Å². The second-order valence-electron chi connectivity index (χ2n) is 3.23. The minimum atomic E-state index is 0.662. The molecule has 1 aliphatic rings. The van der Waals surface area contributed by atoms with Crippen molar-refractivity contribution in [1.82, 2.24) is 15.4 Å². The Morgan fingerprint density at radius 1 is 1.20 bits per heavy atom. The predicted molar refractivity (Wildman–Crippen MR) is 67.9 cm³/mol. The van der Waals surface area contributed by atoms with Gasteiger partial charge < -0.3 is 0 Å². The fourth-order valence-corrected chi connectivity index (χ4v) is 1.93. The first-order valence-electron chi connectivity index (χ1n) is 4.55. The number of allylic oxidation sites excluding steroid dienone is 1. The van der Waals surface area contributed by atoms with Crippen LogP contribution < -0.4 is 10.9 Å².